The first-order valence-electron chi connectivity index (χ1n) is 20.8. The topological polar surface area (TPSA) is 212 Å². The fraction of sp³-hybridized carbons (Fsp3) is 0.614. The van der Waals surface area contributed by atoms with Gasteiger partial charge in [-0.1, -0.05) is 131 Å². The number of carbonyl (C=O) groups excluding carboxylic acids is 2. The third kappa shape index (κ3) is 36.9. The molecule has 58 heavy (non-hydrogen) atoms. The van der Waals surface area contributed by atoms with Crippen LogP contribution in [0.5, 0.6) is 0 Å². The van der Waals surface area contributed by atoms with Crippen molar-refractivity contribution in [3.63, 3.8) is 0 Å². The van der Waals surface area contributed by atoms with Crippen molar-refractivity contribution in [1.29, 1.82) is 0 Å². The number of hydrogen-bond donors (Lipinski definition) is 5. The van der Waals surface area contributed by atoms with E-state index in [0.29, 0.717) is 12.8 Å². The van der Waals surface area contributed by atoms with E-state index in [0.717, 1.165) is 64.2 Å². The molecule has 1 unspecified atom stereocenters. The van der Waals surface area contributed by atoms with Crippen LogP contribution in [-0.4, -0.2) is 82.3 Å². The van der Waals surface area contributed by atoms with Gasteiger partial charge in [0, 0.05) is 12.8 Å². The first-order chi connectivity index (χ1) is 27.9. The molecule has 0 aliphatic carbocycles. The van der Waals surface area contributed by atoms with Gasteiger partial charge >= 0.3 is 25.7 Å². The Morgan fingerprint density at radius 2 is 1.22 bits per heavy atom. The molecule has 5 atom stereocenters. The van der Waals surface area contributed by atoms with Crippen molar-refractivity contribution < 1.29 is 57.7 Å². The summed E-state index contributed by atoms with van der Waals surface area (Å²) in [5.41, 5.74) is 5.31. The number of unbranched alkanes of at least 4 members (excludes halogenated alkanes) is 8. The molecular weight excluding hydrogens is 765 g/mol. The average molecular weight is 838 g/mol. The van der Waals surface area contributed by atoms with Crippen LogP contribution < -0.4 is 5.73 Å². The minimum atomic E-state index is -4.79. The second kappa shape index (κ2) is 37.8. The number of carbonyl (C=O) groups is 3. The smallest absolute Gasteiger partial charge is 0.472 e. The SMILES string of the molecule is CC/C=C\C/C=C\C/C=C\CCCCCCCC(=O)OC[C@H](COP(=O)(O)OC[C@H](N)C(=O)O)OC(=O)CCC[C@@H](O)\C=C/C=C/C=C/[C@@H](O)C/C=C\CCCCC. The van der Waals surface area contributed by atoms with Crippen LogP contribution in [0.4, 0.5) is 0 Å². The molecule has 0 radical (unpaired) electrons. The maximum Gasteiger partial charge on any atom is 0.472 e. The van der Waals surface area contributed by atoms with E-state index in [1.165, 1.54) is 12.8 Å². The summed E-state index contributed by atoms with van der Waals surface area (Å²) in [7, 11) is -4.79. The van der Waals surface area contributed by atoms with Crippen LogP contribution in [0.3, 0.4) is 0 Å². The molecule has 0 aromatic carbocycles. The zero-order valence-electron chi connectivity index (χ0n) is 34.8. The molecule has 0 aromatic rings. The minimum absolute atomic E-state index is 0.108. The van der Waals surface area contributed by atoms with Gasteiger partial charge < -0.3 is 35.4 Å². The van der Waals surface area contributed by atoms with Crippen LogP contribution >= 0.6 is 7.82 Å². The lowest BCUT2D eigenvalue weighted by Gasteiger charge is -2.20. The number of ether oxygens (including phenoxy) is 2. The molecule has 0 saturated heterocycles. The quantitative estimate of drug-likeness (QED) is 0.0130. The summed E-state index contributed by atoms with van der Waals surface area (Å²) in [6, 6.07) is -1.57. The standard InChI is InChI=1S/C44H72NO12P/c1-3-5-7-9-11-12-13-14-15-16-17-18-19-21-27-33-42(48)54-35-40(36-55-58(52,53)56-37-41(45)44(50)51)57-43(49)34-28-32-39(47)31-26-23-22-25-30-38(46)29-24-20-10-8-6-4-2/h5,7,11-12,14-15,20,22-26,30-31,38-41,46-47H,3-4,6,8-10,13,16-19,21,27-29,32-37,45H2,1-2H3,(H,50,51)(H,52,53)/b7-5-,12-11-,15-14-,23-22+,24-20-,30-25+,31-26-/t38-,39-,40+,41-/m0/s1. The molecule has 0 aliphatic heterocycles. The second-order valence-electron chi connectivity index (χ2n) is 13.8. The van der Waals surface area contributed by atoms with Crippen molar-refractivity contribution in [3.8, 4) is 0 Å². The van der Waals surface area contributed by atoms with E-state index in [4.69, 9.17) is 24.8 Å². The Morgan fingerprint density at radius 1 is 0.655 bits per heavy atom. The Kier molecular flexibility index (Phi) is 35.6. The highest BCUT2D eigenvalue weighted by Crippen LogP contribution is 2.43. The number of carboxylic acids is 1. The third-order valence-electron chi connectivity index (χ3n) is 8.32. The van der Waals surface area contributed by atoms with Crippen LogP contribution in [0.2, 0.25) is 0 Å². The number of nitrogens with two attached hydrogens (primary N) is 1. The first-order valence-corrected chi connectivity index (χ1v) is 22.3. The van der Waals surface area contributed by atoms with Gasteiger partial charge in [0.25, 0.3) is 0 Å². The first kappa shape index (κ1) is 54.6. The van der Waals surface area contributed by atoms with Gasteiger partial charge in [-0.3, -0.25) is 23.4 Å². The van der Waals surface area contributed by atoms with E-state index >= 15 is 0 Å². The number of rotatable bonds is 37. The molecule has 0 aliphatic rings. The maximum atomic E-state index is 12.6. The van der Waals surface area contributed by atoms with Crippen molar-refractivity contribution in [2.75, 3.05) is 19.8 Å². The molecule has 14 heteroatoms. The number of carboxylic acid groups (broad SMARTS) is 1. The molecule has 0 heterocycles. The number of aliphatic carboxylic acids is 1. The molecule has 0 rings (SSSR count). The van der Waals surface area contributed by atoms with Crippen molar-refractivity contribution in [2.45, 2.75) is 154 Å². The number of phosphoric acid groups is 1. The summed E-state index contributed by atoms with van der Waals surface area (Å²) >= 11 is 0. The largest absolute Gasteiger partial charge is 0.480 e. The monoisotopic (exact) mass is 837 g/mol. The highest BCUT2D eigenvalue weighted by molar-refractivity contribution is 7.47. The molecule has 330 valence electrons. The van der Waals surface area contributed by atoms with Crippen LogP contribution in [0.1, 0.15) is 129 Å². The Bertz CT molecular complexity index is 1340. The number of allylic oxidation sites excluding steroid dienone is 11. The molecule has 0 spiro atoms. The van der Waals surface area contributed by atoms with Gasteiger partial charge in [-0.2, -0.15) is 0 Å². The van der Waals surface area contributed by atoms with Crippen LogP contribution in [0.15, 0.2) is 85.1 Å². The molecule has 13 nitrogen and oxygen atoms in total. The lowest BCUT2D eigenvalue weighted by Crippen LogP contribution is -2.34. The predicted molar refractivity (Wildman–Crippen MR) is 229 cm³/mol. The Morgan fingerprint density at radius 3 is 1.90 bits per heavy atom. The van der Waals surface area contributed by atoms with E-state index in [2.05, 4.69) is 60.9 Å². The second-order valence-corrected chi connectivity index (χ2v) is 15.2. The predicted octanol–water partition coefficient (Wildman–Crippen LogP) is 8.66. The molecule has 6 N–H and O–H groups in total. The molecule has 0 saturated carbocycles. The highest BCUT2D eigenvalue weighted by Gasteiger charge is 2.28. The van der Waals surface area contributed by atoms with E-state index in [-0.39, 0.29) is 25.7 Å². The van der Waals surface area contributed by atoms with Gasteiger partial charge in [-0.15, -0.1) is 0 Å². The Hall–Kier alpha value is -3.42. The van der Waals surface area contributed by atoms with Crippen molar-refractivity contribution in [3.05, 3.63) is 85.1 Å². The van der Waals surface area contributed by atoms with Gasteiger partial charge in [-0.25, -0.2) is 4.57 Å². The van der Waals surface area contributed by atoms with Crippen LogP contribution in [-0.2, 0) is 37.5 Å². The Labute approximate surface area is 347 Å². The molecule has 0 amide bonds. The lowest BCUT2D eigenvalue weighted by atomic mass is 10.1. The number of aliphatic hydroxyl groups excluding tert-OH is 2. The normalized spacial score (nSPS) is 15.7. The Balaban J connectivity index is 4.71. The lowest BCUT2D eigenvalue weighted by molar-refractivity contribution is -0.161. The number of esters is 2. The number of hydrogen-bond acceptors (Lipinski definition) is 11. The summed E-state index contributed by atoms with van der Waals surface area (Å²) in [5, 5.41) is 29.2. The van der Waals surface area contributed by atoms with Gasteiger partial charge in [0.05, 0.1) is 25.4 Å². The number of aliphatic hydroxyl groups is 2. The summed E-state index contributed by atoms with van der Waals surface area (Å²) in [6.45, 7) is 2.33. The fourth-order valence-electron chi connectivity index (χ4n) is 4.98. The van der Waals surface area contributed by atoms with E-state index in [1.807, 2.05) is 6.08 Å². The average Bonchev–Trinajstić information content (AvgIpc) is 3.19. The van der Waals surface area contributed by atoms with Gasteiger partial charge in [0.2, 0.25) is 0 Å². The fourth-order valence-corrected chi connectivity index (χ4v) is 5.76. The van der Waals surface area contributed by atoms with Crippen molar-refractivity contribution in [2.24, 2.45) is 5.73 Å². The summed E-state index contributed by atoms with van der Waals surface area (Å²) < 4.78 is 32.4. The summed E-state index contributed by atoms with van der Waals surface area (Å²) in [6.07, 6.45) is 38.5. The van der Waals surface area contributed by atoms with Crippen molar-refractivity contribution >= 4 is 25.7 Å². The van der Waals surface area contributed by atoms with Gasteiger partial charge in [-0.05, 0) is 70.6 Å². The van der Waals surface area contributed by atoms with E-state index in [9.17, 15) is 34.1 Å². The zero-order valence-corrected chi connectivity index (χ0v) is 35.7. The zero-order chi connectivity index (χ0) is 43.1. The van der Waals surface area contributed by atoms with Crippen molar-refractivity contribution in [1.82, 2.24) is 0 Å². The molecule has 0 aromatic heterocycles. The van der Waals surface area contributed by atoms with Gasteiger partial charge in [0.15, 0.2) is 6.10 Å². The highest BCUT2D eigenvalue weighted by atomic mass is 31.2. The van der Waals surface area contributed by atoms with E-state index in [1.54, 1.807) is 36.5 Å². The number of phosphoric ester groups is 1. The summed E-state index contributed by atoms with van der Waals surface area (Å²) in [5.74, 6) is -2.69. The maximum absolute atomic E-state index is 12.6. The minimum Gasteiger partial charge on any atom is -0.480 e. The molecule has 0 fully saturated rings. The molecule has 0 bridgehead atoms. The third-order valence-corrected chi connectivity index (χ3v) is 9.27. The van der Waals surface area contributed by atoms with Gasteiger partial charge in [0.1, 0.15) is 12.6 Å². The van der Waals surface area contributed by atoms with Crippen LogP contribution in [0.25, 0.3) is 0 Å². The molecular formula is C44H72NO12P. The van der Waals surface area contributed by atoms with Crippen LogP contribution in [0, 0.1) is 0 Å². The van der Waals surface area contributed by atoms with E-state index < -0.39 is 69.9 Å². The summed E-state index contributed by atoms with van der Waals surface area (Å²) in [4.78, 5) is 45.9.